The van der Waals surface area contributed by atoms with E-state index in [2.05, 4.69) is 62.0 Å². The topological polar surface area (TPSA) is 29.9 Å². The SMILES string of the molecule is CC(NC1CCC(C)C1C)c1nc2ccccc2n1C. The monoisotopic (exact) mass is 271 g/mol. The Labute approximate surface area is 121 Å². The molecule has 3 rings (SSSR count). The normalized spacial score (nSPS) is 28.1. The maximum Gasteiger partial charge on any atom is 0.126 e. The summed E-state index contributed by atoms with van der Waals surface area (Å²) in [4.78, 5) is 4.80. The third-order valence-electron chi connectivity index (χ3n) is 5.14. The van der Waals surface area contributed by atoms with Gasteiger partial charge in [-0.15, -0.1) is 0 Å². The Hall–Kier alpha value is -1.35. The fourth-order valence-corrected chi connectivity index (χ4v) is 3.55. The van der Waals surface area contributed by atoms with Gasteiger partial charge in [0.15, 0.2) is 0 Å². The maximum absolute atomic E-state index is 4.80. The molecule has 1 aromatic carbocycles. The number of hydrogen-bond donors (Lipinski definition) is 1. The molecule has 1 N–H and O–H groups in total. The Morgan fingerprint density at radius 1 is 1.25 bits per heavy atom. The molecule has 0 saturated heterocycles. The van der Waals surface area contributed by atoms with Crippen molar-refractivity contribution >= 4 is 11.0 Å². The van der Waals surface area contributed by atoms with E-state index >= 15 is 0 Å². The lowest BCUT2D eigenvalue weighted by Crippen LogP contribution is -2.35. The van der Waals surface area contributed by atoms with Gasteiger partial charge in [-0.2, -0.15) is 0 Å². The van der Waals surface area contributed by atoms with Crippen LogP contribution in [-0.4, -0.2) is 15.6 Å². The summed E-state index contributed by atoms with van der Waals surface area (Å²) in [6.07, 6.45) is 2.63. The third-order valence-corrected chi connectivity index (χ3v) is 5.14. The Bertz CT molecular complexity index is 601. The van der Waals surface area contributed by atoms with E-state index in [0.29, 0.717) is 12.1 Å². The molecule has 0 aliphatic heterocycles. The van der Waals surface area contributed by atoms with Crippen molar-refractivity contribution in [1.82, 2.24) is 14.9 Å². The minimum atomic E-state index is 0.296. The summed E-state index contributed by atoms with van der Waals surface area (Å²) >= 11 is 0. The van der Waals surface area contributed by atoms with Crippen LogP contribution in [0.5, 0.6) is 0 Å². The molecular weight excluding hydrogens is 246 g/mol. The zero-order valence-corrected chi connectivity index (χ0v) is 12.9. The van der Waals surface area contributed by atoms with Crippen molar-refractivity contribution in [2.24, 2.45) is 18.9 Å². The highest BCUT2D eigenvalue weighted by Gasteiger charge is 2.31. The lowest BCUT2D eigenvalue weighted by Gasteiger charge is -2.24. The number of aryl methyl sites for hydroxylation is 1. The van der Waals surface area contributed by atoms with Crippen molar-refractivity contribution in [3.63, 3.8) is 0 Å². The first-order chi connectivity index (χ1) is 9.58. The van der Waals surface area contributed by atoms with Crippen molar-refractivity contribution in [1.29, 1.82) is 0 Å². The zero-order valence-electron chi connectivity index (χ0n) is 12.9. The molecule has 1 saturated carbocycles. The zero-order chi connectivity index (χ0) is 14.3. The van der Waals surface area contributed by atoms with Gasteiger partial charge in [-0.1, -0.05) is 26.0 Å². The predicted molar refractivity (Wildman–Crippen MR) is 83.6 cm³/mol. The first-order valence-electron chi connectivity index (χ1n) is 7.75. The van der Waals surface area contributed by atoms with E-state index in [9.17, 15) is 0 Å². The number of nitrogens with zero attached hydrogens (tertiary/aromatic N) is 2. The molecule has 1 aliphatic rings. The Kier molecular flexibility index (Phi) is 3.55. The Morgan fingerprint density at radius 3 is 2.65 bits per heavy atom. The number of benzene rings is 1. The molecular formula is C17H25N3. The second-order valence-corrected chi connectivity index (χ2v) is 6.43. The average molecular weight is 271 g/mol. The van der Waals surface area contributed by atoms with Gasteiger partial charge in [0, 0.05) is 13.1 Å². The van der Waals surface area contributed by atoms with Gasteiger partial charge in [-0.3, -0.25) is 0 Å². The van der Waals surface area contributed by atoms with Crippen LogP contribution in [0.3, 0.4) is 0 Å². The van der Waals surface area contributed by atoms with Gasteiger partial charge in [0.1, 0.15) is 5.82 Å². The van der Waals surface area contributed by atoms with Gasteiger partial charge in [-0.25, -0.2) is 4.98 Å². The molecule has 4 unspecified atom stereocenters. The lowest BCUT2D eigenvalue weighted by molar-refractivity contribution is 0.340. The standard InChI is InChI=1S/C17H25N3/c1-11-9-10-14(12(11)2)18-13(3)17-19-15-7-5-6-8-16(15)20(17)4/h5-8,11-14,18H,9-10H2,1-4H3. The average Bonchev–Trinajstić information content (AvgIpc) is 2.94. The van der Waals surface area contributed by atoms with Crippen LogP contribution in [0.25, 0.3) is 11.0 Å². The molecule has 1 heterocycles. The summed E-state index contributed by atoms with van der Waals surface area (Å²) in [5.74, 6) is 2.73. The Balaban J connectivity index is 1.82. The van der Waals surface area contributed by atoms with Crippen molar-refractivity contribution in [3.05, 3.63) is 30.1 Å². The van der Waals surface area contributed by atoms with Crippen LogP contribution in [0.1, 0.15) is 45.5 Å². The second kappa shape index (κ2) is 5.21. The smallest absolute Gasteiger partial charge is 0.126 e. The lowest BCUT2D eigenvalue weighted by atomic mass is 9.97. The minimum Gasteiger partial charge on any atom is -0.330 e. The molecule has 0 radical (unpaired) electrons. The van der Waals surface area contributed by atoms with E-state index < -0.39 is 0 Å². The minimum absolute atomic E-state index is 0.296. The Morgan fingerprint density at radius 2 is 2.00 bits per heavy atom. The molecule has 3 nitrogen and oxygen atoms in total. The largest absolute Gasteiger partial charge is 0.330 e. The molecule has 2 aromatic rings. The van der Waals surface area contributed by atoms with Crippen LogP contribution in [0, 0.1) is 11.8 Å². The first kappa shape index (κ1) is 13.6. The summed E-state index contributed by atoms with van der Waals surface area (Å²) in [5.41, 5.74) is 2.30. The highest BCUT2D eigenvalue weighted by atomic mass is 15.1. The van der Waals surface area contributed by atoms with E-state index in [0.717, 1.165) is 23.2 Å². The van der Waals surface area contributed by atoms with Crippen LogP contribution in [0.2, 0.25) is 0 Å². The fraction of sp³-hybridized carbons (Fsp3) is 0.588. The second-order valence-electron chi connectivity index (χ2n) is 6.43. The van der Waals surface area contributed by atoms with Crippen LogP contribution in [0.15, 0.2) is 24.3 Å². The molecule has 1 aromatic heterocycles. The molecule has 0 amide bonds. The number of imidazole rings is 1. The van der Waals surface area contributed by atoms with Crippen LogP contribution in [0.4, 0.5) is 0 Å². The summed E-state index contributed by atoms with van der Waals surface area (Å²) in [6, 6.07) is 9.28. The van der Waals surface area contributed by atoms with Gasteiger partial charge in [0.2, 0.25) is 0 Å². The quantitative estimate of drug-likeness (QED) is 0.923. The van der Waals surface area contributed by atoms with Crippen molar-refractivity contribution in [3.8, 4) is 0 Å². The first-order valence-corrected chi connectivity index (χ1v) is 7.75. The number of rotatable bonds is 3. The number of aromatic nitrogens is 2. The molecule has 4 atom stereocenters. The molecule has 20 heavy (non-hydrogen) atoms. The predicted octanol–water partition coefficient (Wildman–Crippen LogP) is 3.66. The van der Waals surface area contributed by atoms with E-state index in [1.165, 1.54) is 18.4 Å². The van der Waals surface area contributed by atoms with E-state index in [1.54, 1.807) is 0 Å². The highest BCUT2D eigenvalue weighted by Crippen LogP contribution is 2.32. The number of fused-ring (bicyclic) bond motifs is 1. The summed E-state index contributed by atoms with van der Waals surface area (Å²) < 4.78 is 2.22. The van der Waals surface area contributed by atoms with Gasteiger partial charge in [0.05, 0.1) is 17.1 Å². The van der Waals surface area contributed by atoms with Crippen molar-refractivity contribution in [2.45, 2.75) is 45.7 Å². The van der Waals surface area contributed by atoms with Crippen LogP contribution < -0.4 is 5.32 Å². The van der Waals surface area contributed by atoms with Crippen LogP contribution >= 0.6 is 0 Å². The van der Waals surface area contributed by atoms with Gasteiger partial charge in [0.25, 0.3) is 0 Å². The van der Waals surface area contributed by atoms with Crippen molar-refractivity contribution in [2.75, 3.05) is 0 Å². The van der Waals surface area contributed by atoms with E-state index in [-0.39, 0.29) is 0 Å². The third kappa shape index (κ3) is 2.24. The fourth-order valence-electron chi connectivity index (χ4n) is 3.55. The maximum atomic E-state index is 4.80. The van der Waals surface area contributed by atoms with E-state index in [1.807, 2.05) is 0 Å². The summed E-state index contributed by atoms with van der Waals surface area (Å²) in [6.45, 7) is 6.97. The van der Waals surface area contributed by atoms with Gasteiger partial charge < -0.3 is 9.88 Å². The number of hydrogen-bond acceptors (Lipinski definition) is 2. The molecule has 0 bridgehead atoms. The molecule has 3 heteroatoms. The van der Waals surface area contributed by atoms with Gasteiger partial charge in [-0.05, 0) is 43.7 Å². The number of para-hydroxylation sites is 2. The molecule has 108 valence electrons. The van der Waals surface area contributed by atoms with Crippen LogP contribution in [-0.2, 0) is 7.05 Å². The highest BCUT2D eigenvalue weighted by molar-refractivity contribution is 5.75. The summed E-state index contributed by atoms with van der Waals surface area (Å²) in [5, 5.41) is 3.79. The summed E-state index contributed by atoms with van der Waals surface area (Å²) in [7, 11) is 2.11. The van der Waals surface area contributed by atoms with E-state index in [4.69, 9.17) is 4.98 Å². The number of nitrogens with one attached hydrogen (secondary N) is 1. The van der Waals surface area contributed by atoms with Crippen molar-refractivity contribution < 1.29 is 0 Å². The molecule has 1 fully saturated rings. The molecule has 0 spiro atoms. The van der Waals surface area contributed by atoms with Gasteiger partial charge >= 0.3 is 0 Å². The molecule has 1 aliphatic carbocycles.